The number of likely N-dealkylation sites (tertiary alicyclic amines) is 1. The third-order valence-electron chi connectivity index (χ3n) is 4.54. The number of nitrogens with zero attached hydrogens (tertiary/aromatic N) is 2. The van der Waals surface area contributed by atoms with Crippen LogP contribution in [0.5, 0.6) is 0 Å². The van der Waals surface area contributed by atoms with E-state index in [1.54, 1.807) is 11.3 Å². The Bertz CT molecular complexity index is 757. The van der Waals surface area contributed by atoms with E-state index in [9.17, 15) is 4.79 Å². The second kappa shape index (κ2) is 10.1. The number of aliphatic imine (C=N–C) groups is 1. The maximum Gasteiger partial charge on any atom is 0.222 e. The molecule has 2 N–H and O–H groups in total. The van der Waals surface area contributed by atoms with Gasteiger partial charge >= 0.3 is 0 Å². The zero-order valence-electron chi connectivity index (χ0n) is 15.9. The fourth-order valence-corrected chi connectivity index (χ4v) is 3.90. The van der Waals surface area contributed by atoms with E-state index in [0.717, 1.165) is 44.0 Å². The molecule has 0 saturated carbocycles. The first-order valence-corrected chi connectivity index (χ1v) is 10.5. The molecule has 2 aromatic rings. The van der Waals surface area contributed by atoms with Gasteiger partial charge in [0.05, 0.1) is 6.54 Å². The highest BCUT2D eigenvalue weighted by Gasteiger charge is 2.19. The van der Waals surface area contributed by atoms with Crippen molar-refractivity contribution >= 4 is 23.2 Å². The summed E-state index contributed by atoms with van der Waals surface area (Å²) in [6.07, 6.45) is 2.67. The highest BCUT2D eigenvalue weighted by Crippen LogP contribution is 2.15. The number of carbonyl (C=O) groups excluding carboxylic acids is 1. The fraction of sp³-hybridized carbons (Fsp3) is 0.429. The summed E-state index contributed by atoms with van der Waals surface area (Å²) < 4.78 is 0. The Balaban J connectivity index is 1.54. The Morgan fingerprint density at radius 1 is 1.22 bits per heavy atom. The largest absolute Gasteiger partial charge is 0.357 e. The lowest BCUT2D eigenvalue weighted by Gasteiger charge is -2.16. The van der Waals surface area contributed by atoms with Crippen molar-refractivity contribution in [3.8, 4) is 0 Å². The van der Waals surface area contributed by atoms with E-state index in [2.05, 4.69) is 59.3 Å². The fourth-order valence-electron chi connectivity index (χ4n) is 3.19. The van der Waals surface area contributed by atoms with Crippen LogP contribution in [0.3, 0.4) is 0 Å². The molecular formula is C21H28N4OS. The lowest BCUT2D eigenvalue weighted by Crippen LogP contribution is -2.38. The van der Waals surface area contributed by atoms with Gasteiger partial charge < -0.3 is 15.5 Å². The van der Waals surface area contributed by atoms with Gasteiger partial charge in [0.2, 0.25) is 5.91 Å². The standard InChI is InChI=1S/C21H28N4OS/c1-2-22-21(23-11-10-19-8-5-13-27-19)24-15-17-6-3-7-18(14-17)16-25-12-4-9-20(25)26/h3,5-8,13-14H,2,4,9-12,15-16H2,1H3,(H2,22,23,24). The molecule has 1 aliphatic rings. The van der Waals surface area contributed by atoms with Crippen molar-refractivity contribution in [2.24, 2.45) is 4.99 Å². The zero-order valence-corrected chi connectivity index (χ0v) is 16.7. The van der Waals surface area contributed by atoms with Crippen LogP contribution in [-0.4, -0.2) is 36.4 Å². The topological polar surface area (TPSA) is 56.7 Å². The molecular weight excluding hydrogens is 356 g/mol. The van der Waals surface area contributed by atoms with Crippen molar-refractivity contribution in [1.29, 1.82) is 0 Å². The SMILES string of the molecule is CCNC(=NCc1cccc(CN2CCCC2=O)c1)NCCc1cccs1. The minimum atomic E-state index is 0.266. The van der Waals surface area contributed by atoms with E-state index >= 15 is 0 Å². The van der Waals surface area contributed by atoms with E-state index < -0.39 is 0 Å². The maximum absolute atomic E-state index is 11.8. The van der Waals surface area contributed by atoms with E-state index in [-0.39, 0.29) is 5.91 Å². The molecule has 0 unspecified atom stereocenters. The van der Waals surface area contributed by atoms with Gasteiger partial charge in [0, 0.05) is 37.5 Å². The van der Waals surface area contributed by atoms with E-state index in [4.69, 9.17) is 4.99 Å². The molecule has 6 heteroatoms. The summed E-state index contributed by atoms with van der Waals surface area (Å²) in [5.74, 6) is 1.11. The monoisotopic (exact) mass is 384 g/mol. The second-order valence-corrected chi connectivity index (χ2v) is 7.72. The number of hydrogen-bond donors (Lipinski definition) is 2. The molecule has 3 rings (SSSR count). The van der Waals surface area contributed by atoms with Crippen LogP contribution in [0, 0.1) is 0 Å². The average molecular weight is 385 g/mol. The second-order valence-electron chi connectivity index (χ2n) is 6.69. The van der Waals surface area contributed by atoms with Crippen LogP contribution < -0.4 is 10.6 Å². The van der Waals surface area contributed by atoms with Crippen LogP contribution >= 0.6 is 11.3 Å². The van der Waals surface area contributed by atoms with Crippen LogP contribution in [0.25, 0.3) is 0 Å². The Kier molecular flexibility index (Phi) is 7.27. The van der Waals surface area contributed by atoms with Gasteiger partial charge in [-0.15, -0.1) is 11.3 Å². The molecule has 2 heterocycles. The number of benzene rings is 1. The number of amides is 1. The third kappa shape index (κ3) is 6.10. The van der Waals surface area contributed by atoms with Crippen molar-refractivity contribution in [3.05, 3.63) is 57.8 Å². The Hall–Kier alpha value is -2.34. The van der Waals surface area contributed by atoms with Crippen molar-refractivity contribution in [2.45, 2.75) is 39.3 Å². The quantitative estimate of drug-likeness (QED) is 0.543. The Labute approximate surface area is 165 Å². The normalized spacial score (nSPS) is 14.6. The van der Waals surface area contributed by atoms with Crippen LogP contribution in [-0.2, 0) is 24.3 Å². The van der Waals surface area contributed by atoms with E-state index in [1.807, 2.05) is 4.90 Å². The minimum absolute atomic E-state index is 0.266. The van der Waals surface area contributed by atoms with Gasteiger partial charge in [0.1, 0.15) is 0 Å². The number of thiophene rings is 1. The highest BCUT2D eigenvalue weighted by molar-refractivity contribution is 7.09. The Morgan fingerprint density at radius 2 is 2.11 bits per heavy atom. The minimum Gasteiger partial charge on any atom is -0.357 e. The van der Waals surface area contributed by atoms with Gasteiger partial charge in [-0.3, -0.25) is 4.79 Å². The number of guanidine groups is 1. The molecule has 1 fully saturated rings. The number of carbonyl (C=O) groups is 1. The molecule has 0 atom stereocenters. The first-order valence-electron chi connectivity index (χ1n) is 9.64. The molecule has 0 aliphatic carbocycles. The van der Waals surface area contributed by atoms with Gasteiger partial charge in [-0.1, -0.05) is 30.3 Å². The molecule has 0 bridgehead atoms. The maximum atomic E-state index is 11.8. The summed E-state index contributed by atoms with van der Waals surface area (Å²) >= 11 is 1.78. The highest BCUT2D eigenvalue weighted by atomic mass is 32.1. The molecule has 27 heavy (non-hydrogen) atoms. The number of nitrogens with one attached hydrogen (secondary N) is 2. The molecule has 1 aliphatic heterocycles. The number of hydrogen-bond acceptors (Lipinski definition) is 3. The van der Waals surface area contributed by atoms with Gasteiger partial charge in [-0.2, -0.15) is 0 Å². The summed E-state index contributed by atoms with van der Waals surface area (Å²) in [6.45, 7) is 5.97. The van der Waals surface area contributed by atoms with Crippen LogP contribution in [0.2, 0.25) is 0 Å². The van der Waals surface area contributed by atoms with Crippen LogP contribution in [0.15, 0.2) is 46.8 Å². The molecule has 0 spiro atoms. The molecule has 144 valence electrons. The third-order valence-corrected chi connectivity index (χ3v) is 5.48. The molecule has 1 aromatic carbocycles. The first-order chi connectivity index (χ1) is 13.2. The zero-order chi connectivity index (χ0) is 18.9. The molecule has 5 nitrogen and oxygen atoms in total. The lowest BCUT2D eigenvalue weighted by molar-refractivity contribution is -0.128. The van der Waals surface area contributed by atoms with E-state index in [1.165, 1.54) is 10.4 Å². The van der Waals surface area contributed by atoms with Gasteiger partial charge in [-0.05, 0) is 42.3 Å². The molecule has 0 radical (unpaired) electrons. The van der Waals surface area contributed by atoms with Gasteiger partial charge in [0.25, 0.3) is 0 Å². The molecule has 1 aromatic heterocycles. The van der Waals surface area contributed by atoms with Crippen molar-refractivity contribution < 1.29 is 4.79 Å². The summed E-state index contributed by atoms with van der Waals surface area (Å²) in [5, 5.41) is 8.81. The smallest absolute Gasteiger partial charge is 0.222 e. The predicted octanol–water partition coefficient (Wildman–Crippen LogP) is 3.17. The summed E-state index contributed by atoms with van der Waals surface area (Å²) in [7, 11) is 0. The summed E-state index contributed by atoms with van der Waals surface area (Å²) in [6, 6.07) is 12.6. The summed E-state index contributed by atoms with van der Waals surface area (Å²) in [4.78, 5) is 19.9. The van der Waals surface area contributed by atoms with Crippen LogP contribution in [0.4, 0.5) is 0 Å². The average Bonchev–Trinajstić information content (AvgIpc) is 3.32. The summed E-state index contributed by atoms with van der Waals surface area (Å²) in [5.41, 5.74) is 2.34. The van der Waals surface area contributed by atoms with Crippen molar-refractivity contribution in [1.82, 2.24) is 15.5 Å². The number of rotatable bonds is 8. The first kappa shape index (κ1) is 19.4. The molecule has 1 saturated heterocycles. The van der Waals surface area contributed by atoms with Gasteiger partial charge in [-0.25, -0.2) is 4.99 Å². The predicted molar refractivity (Wildman–Crippen MR) is 112 cm³/mol. The van der Waals surface area contributed by atoms with Crippen LogP contribution in [0.1, 0.15) is 35.8 Å². The lowest BCUT2D eigenvalue weighted by atomic mass is 10.1. The van der Waals surface area contributed by atoms with Gasteiger partial charge in [0.15, 0.2) is 5.96 Å². The van der Waals surface area contributed by atoms with E-state index in [0.29, 0.717) is 19.5 Å². The Morgan fingerprint density at radius 3 is 2.85 bits per heavy atom. The van der Waals surface area contributed by atoms with Crippen molar-refractivity contribution in [3.63, 3.8) is 0 Å². The van der Waals surface area contributed by atoms with Crippen molar-refractivity contribution in [2.75, 3.05) is 19.6 Å². The molecule has 1 amide bonds.